The van der Waals surface area contributed by atoms with Crippen LogP contribution >= 0.6 is 0 Å². The maximum absolute atomic E-state index is 12.2. The minimum absolute atomic E-state index is 0.0830. The number of nitrogens with zero attached hydrogens (tertiary/aromatic N) is 4. The van der Waals surface area contributed by atoms with Crippen molar-refractivity contribution in [2.45, 2.75) is 12.0 Å². The van der Waals surface area contributed by atoms with E-state index in [9.17, 15) is 9.90 Å². The van der Waals surface area contributed by atoms with Gasteiger partial charge < -0.3 is 20.6 Å². The highest BCUT2D eigenvalue weighted by atomic mass is 16.6. The van der Waals surface area contributed by atoms with Gasteiger partial charge in [-0.1, -0.05) is 12.6 Å². The molecular weight excluding hydrogens is 348 g/mol. The van der Waals surface area contributed by atoms with E-state index in [0.29, 0.717) is 29.2 Å². The van der Waals surface area contributed by atoms with Crippen LogP contribution in [0.4, 0.5) is 5.95 Å². The molecule has 1 atom stereocenters. The predicted octanol–water partition coefficient (Wildman–Crippen LogP) is 0.501. The van der Waals surface area contributed by atoms with E-state index in [1.54, 1.807) is 37.5 Å². The molecule has 0 spiro atoms. The molecule has 0 radical (unpaired) electrons. The molecule has 1 fully saturated rings. The van der Waals surface area contributed by atoms with Crippen molar-refractivity contribution in [2.24, 2.45) is 5.90 Å². The first-order chi connectivity index (χ1) is 12.8. The first-order valence-corrected chi connectivity index (χ1v) is 8.17. The van der Waals surface area contributed by atoms with Gasteiger partial charge in [-0.25, -0.2) is 15.0 Å². The Morgan fingerprint density at radius 1 is 1.37 bits per heavy atom. The van der Waals surface area contributed by atoms with Crippen molar-refractivity contribution in [1.82, 2.24) is 19.9 Å². The normalized spacial score (nSPS) is 20.0. The van der Waals surface area contributed by atoms with Crippen LogP contribution in [0.1, 0.15) is 12.1 Å². The zero-order valence-corrected chi connectivity index (χ0v) is 14.8. The van der Waals surface area contributed by atoms with Crippen LogP contribution in [-0.4, -0.2) is 50.1 Å². The number of hydrogen-bond donors (Lipinski definition) is 3. The molecule has 1 aliphatic heterocycles. The van der Waals surface area contributed by atoms with Crippen molar-refractivity contribution in [1.29, 1.82) is 0 Å². The number of nitrogen functional groups attached to an aromatic ring is 1. The van der Waals surface area contributed by atoms with E-state index < -0.39 is 11.5 Å². The lowest BCUT2D eigenvalue weighted by atomic mass is 9.97. The van der Waals surface area contributed by atoms with E-state index in [-0.39, 0.29) is 18.1 Å². The third kappa shape index (κ3) is 3.50. The van der Waals surface area contributed by atoms with E-state index in [0.717, 1.165) is 0 Å². The van der Waals surface area contributed by atoms with Gasteiger partial charge in [0.1, 0.15) is 0 Å². The summed E-state index contributed by atoms with van der Waals surface area (Å²) in [7, 11) is 1.60. The average molecular weight is 368 g/mol. The lowest BCUT2D eigenvalue weighted by Crippen LogP contribution is -2.42. The summed E-state index contributed by atoms with van der Waals surface area (Å²) in [5.41, 5.74) is 5.84. The number of pyridine rings is 1. The van der Waals surface area contributed by atoms with Crippen molar-refractivity contribution in [2.75, 3.05) is 19.3 Å². The molecule has 3 rings (SSSR count). The molecule has 9 nitrogen and oxygen atoms in total. The first kappa shape index (κ1) is 18.5. The number of carbonyl (C=O) groups is 1. The number of hydrogen-bond acceptors (Lipinski definition) is 8. The highest BCUT2D eigenvalue weighted by Crippen LogP contribution is 2.31. The van der Waals surface area contributed by atoms with Gasteiger partial charge in [-0.3, -0.25) is 4.79 Å². The highest BCUT2D eigenvalue weighted by molar-refractivity contribution is 5.90. The van der Waals surface area contributed by atoms with E-state index in [4.69, 9.17) is 16.5 Å². The van der Waals surface area contributed by atoms with E-state index >= 15 is 0 Å². The second-order valence-corrected chi connectivity index (χ2v) is 6.20. The summed E-state index contributed by atoms with van der Waals surface area (Å²) < 4.78 is 0. The van der Waals surface area contributed by atoms with Crippen molar-refractivity contribution < 1.29 is 14.7 Å². The molecule has 1 saturated heterocycles. The molecule has 1 amide bonds. The molecule has 140 valence electrons. The number of aromatic nitrogens is 3. The summed E-state index contributed by atoms with van der Waals surface area (Å²) in [6.07, 6.45) is 3.13. The Hall–Kier alpha value is -3.30. The van der Waals surface area contributed by atoms with Gasteiger partial charge in [-0.2, -0.15) is 5.90 Å². The number of amides is 1. The van der Waals surface area contributed by atoms with E-state index in [1.165, 1.54) is 11.0 Å². The van der Waals surface area contributed by atoms with Gasteiger partial charge in [0.15, 0.2) is 5.76 Å². The minimum Gasteiger partial charge on any atom is -0.412 e. The standard InChI is InChI=1S/C18H20N6O3/c1-11(10-15(27-20)18(26)7-9-24(2)16(18)25)12-4-3-5-13(22-12)14-6-8-21-17(19)23-14/h3-6,8,10,26H,1,7,9,20H2,2H3,(H2,19,21,23)/b15-10-/t18-/m1/s1. The largest absolute Gasteiger partial charge is 0.412 e. The molecule has 1 aliphatic rings. The zero-order chi connectivity index (χ0) is 19.6. The second-order valence-electron chi connectivity index (χ2n) is 6.20. The fourth-order valence-electron chi connectivity index (χ4n) is 2.84. The Labute approximate surface area is 156 Å². The van der Waals surface area contributed by atoms with E-state index in [2.05, 4.69) is 21.5 Å². The number of likely N-dealkylation sites (tertiary alicyclic amines) is 1. The number of rotatable bonds is 5. The molecule has 9 heteroatoms. The van der Waals surface area contributed by atoms with Gasteiger partial charge >= 0.3 is 0 Å². The van der Waals surface area contributed by atoms with Crippen LogP contribution in [0.15, 0.2) is 48.9 Å². The number of likely N-dealkylation sites (N-methyl/N-ethyl adjacent to an activating group) is 1. The van der Waals surface area contributed by atoms with Crippen molar-refractivity contribution in [3.63, 3.8) is 0 Å². The van der Waals surface area contributed by atoms with Crippen LogP contribution in [-0.2, 0) is 9.63 Å². The third-order valence-corrected chi connectivity index (χ3v) is 4.36. The molecule has 27 heavy (non-hydrogen) atoms. The van der Waals surface area contributed by atoms with Crippen LogP contribution in [0.5, 0.6) is 0 Å². The molecule has 5 N–H and O–H groups in total. The average Bonchev–Trinajstić information content (AvgIpc) is 2.94. The monoisotopic (exact) mass is 368 g/mol. The molecule has 0 aromatic carbocycles. The van der Waals surface area contributed by atoms with Gasteiger partial charge in [-0.15, -0.1) is 0 Å². The van der Waals surface area contributed by atoms with Gasteiger partial charge in [0.05, 0.1) is 17.1 Å². The smallest absolute Gasteiger partial charge is 0.262 e. The van der Waals surface area contributed by atoms with Crippen LogP contribution in [0.3, 0.4) is 0 Å². The maximum atomic E-state index is 12.2. The fourth-order valence-corrected chi connectivity index (χ4v) is 2.84. The van der Waals surface area contributed by atoms with Crippen LogP contribution in [0.25, 0.3) is 17.0 Å². The Kier molecular flexibility index (Phi) is 4.89. The first-order valence-electron chi connectivity index (χ1n) is 8.17. The lowest BCUT2D eigenvalue weighted by molar-refractivity contribution is -0.142. The topological polar surface area (TPSA) is 140 Å². The summed E-state index contributed by atoms with van der Waals surface area (Å²) in [6, 6.07) is 6.96. The zero-order valence-electron chi connectivity index (χ0n) is 14.8. The minimum atomic E-state index is -1.81. The quantitative estimate of drug-likeness (QED) is 0.394. The van der Waals surface area contributed by atoms with Gasteiger partial charge in [0.2, 0.25) is 11.5 Å². The Morgan fingerprint density at radius 2 is 2.11 bits per heavy atom. The third-order valence-electron chi connectivity index (χ3n) is 4.36. The Balaban J connectivity index is 1.92. The van der Waals surface area contributed by atoms with Crippen molar-refractivity contribution in [3.8, 4) is 11.4 Å². The summed E-state index contributed by atoms with van der Waals surface area (Å²) in [5, 5.41) is 10.7. The molecule has 3 heterocycles. The molecule has 0 saturated carbocycles. The van der Waals surface area contributed by atoms with Gasteiger partial charge in [0.25, 0.3) is 5.91 Å². The maximum Gasteiger partial charge on any atom is 0.262 e. The van der Waals surface area contributed by atoms with Gasteiger partial charge in [-0.05, 0) is 29.8 Å². The molecule has 2 aromatic rings. The number of carbonyl (C=O) groups excluding carboxylic acids is 1. The molecule has 0 bridgehead atoms. The number of anilines is 1. The Bertz CT molecular complexity index is 929. The predicted molar refractivity (Wildman–Crippen MR) is 99.3 cm³/mol. The highest BCUT2D eigenvalue weighted by Gasteiger charge is 2.48. The molecule has 2 aromatic heterocycles. The van der Waals surface area contributed by atoms with Crippen molar-refractivity contribution in [3.05, 3.63) is 54.6 Å². The molecule has 0 aliphatic carbocycles. The summed E-state index contributed by atoms with van der Waals surface area (Å²) >= 11 is 0. The van der Waals surface area contributed by atoms with Crippen molar-refractivity contribution >= 4 is 17.4 Å². The van der Waals surface area contributed by atoms with Crippen LogP contribution in [0.2, 0.25) is 0 Å². The van der Waals surface area contributed by atoms with Crippen LogP contribution in [0, 0.1) is 0 Å². The van der Waals surface area contributed by atoms with Crippen LogP contribution < -0.4 is 11.6 Å². The fraction of sp³-hybridized carbons (Fsp3) is 0.222. The number of nitrogens with two attached hydrogens (primary N) is 2. The Morgan fingerprint density at radius 3 is 2.74 bits per heavy atom. The molecular formula is C18H20N6O3. The number of aliphatic hydroxyl groups is 1. The second kappa shape index (κ2) is 7.14. The summed E-state index contributed by atoms with van der Waals surface area (Å²) in [6.45, 7) is 4.34. The lowest BCUT2D eigenvalue weighted by Gasteiger charge is -2.22. The molecule has 0 unspecified atom stereocenters. The summed E-state index contributed by atoms with van der Waals surface area (Å²) in [5.74, 6) is 4.90. The number of allylic oxidation sites excluding steroid dienone is 2. The summed E-state index contributed by atoms with van der Waals surface area (Å²) in [4.78, 5) is 31.0. The van der Waals surface area contributed by atoms with Gasteiger partial charge in [0, 0.05) is 26.2 Å². The SMILES string of the molecule is C=C(/C=C(\ON)[C@]1(O)CCN(C)C1=O)c1cccc(-c2ccnc(N)n2)n1. The van der Waals surface area contributed by atoms with E-state index in [1.807, 2.05) is 0 Å².